The van der Waals surface area contributed by atoms with E-state index in [1.165, 1.54) is 22.2 Å². The van der Waals surface area contributed by atoms with Gasteiger partial charge >= 0.3 is 0 Å². The summed E-state index contributed by atoms with van der Waals surface area (Å²) in [5.74, 6) is -1.47. The Bertz CT molecular complexity index is 714. The first-order chi connectivity index (χ1) is 8.88. The lowest BCUT2D eigenvalue weighted by Crippen LogP contribution is -2.15. The SMILES string of the molecule is NS(=O)(=O)c1ccc(NC(=O)c2cscn2)c(F)c1. The Balaban J connectivity index is 2.25. The van der Waals surface area contributed by atoms with Gasteiger partial charge in [-0.1, -0.05) is 0 Å². The maximum absolute atomic E-state index is 13.6. The van der Waals surface area contributed by atoms with Crippen molar-refractivity contribution in [1.29, 1.82) is 0 Å². The summed E-state index contributed by atoms with van der Waals surface area (Å²) in [4.78, 5) is 15.0. The van der Waals surface area contributed by atoms with Crippen LogP contribution in [0.1, 0.15) is 10.5 Å². The lowest BCUT2D eigenvalue weighted by atomic mass is 10.3. The van der Waals surface area contributed by atoms with E-state index in [9.17, 15) is 17.6 Å². The van der Waals surface area contributed by atoms with Gasteiger partial charge in [-0.2, -0.15) is 0 Å². The van der Waals surface area contributed by atoms with Gasteiger partial charge in [0.2, 0.25) is 10.0 Å². The van der Waals surface area contributed by atoms with Crippen LogP contribution >= 0.6 is 11.3 Å². The predicted octanol–water partition coefficient (Wildman–Crippen LogP) is 1.18. The van der Waals surface area contributed by atoms with Crippen LogP contribution < -0.4 is 10.5 Å². The summed E-state index contributed by atoms with van der Waals surface area (Å²) in [6.45, 7) is 0. The smallest absolute Gasteiger partial charge is 0.275 e. The van der Waals surface area contributed by atoms with Crippen molar-refractivity contribution in [1.82, 2.24) is 4.98 Å². The topological polar surface area (TPSA) is 102 Å². The third-order valence-electron chi connectivity index (χ3n) is 2.18. The molecule has 0 aliphatic rings. The maximum atomic E-state index is 13.6. The molecule has 2 rings (SSSR count). The van der Waals surface area contributed by atoms with Gasteiger partial charge in [0.1, 0.15) is 11.5 Å². The number of nitrogens with one attached hydrogen (secondary N) is 1. The second kappa shape index (κ2) is 5.03. The molecular weight excluding hydrogens is 293 g/mol. The number of aromatic nitrogens is 1. The zero-order valence-corrected chi connectivity index (χ0v) is 11.0. The quantitative estimate of drug-likeness (QED) is 0.888. The molecule has 100 valence electrons. The minimum atomic E-state index is -3.98. The fourth-order valence-electron chi connectivity index (χ4n) is 1.29. The van der Waals surface area contributed by atoms with E-state index in [0.29, 0.717) is 0 Å². The third kappa shape index (κ3) is 3.13. The molecule has 1 aromatic heterocycles. The Hall–Kier alpha value is -1.84. The molecule has 0 saturated heterocycles. The summed E-state index contributed by atoms with van der Waals surface area (Å²) in [5.41, 5.74) is 1.47. The van der Waals surface area contributed by atoms with E-state index in [1.54, 1.807) is 0 Å². The maximum Gasteiger partial charge on any atom is 0.275 e. The van der Waals surface area contributed by atoms with E-state index in [4.69, 9.17) is 5.14 Å². The summed E-state index contributed by atoms with van der Waals surface area (Å²) in [5, 5.41) is 8.66. The number of anilines is 1. The van der Waals surface area contributed by atoms with Crippen molar-refractivity contribution in [3.8, 4) is 0 Å². The lowest BCUT2D eigenvalue weighted by molar-refractivity contribution is 0.102. The molecule has 0 fully saturated rings. The van der Waals surface area contributed by atoms with E-state index in [2.05, 4.69) is 10.3 Å². The van der Waals surface area contributed by atoms with Crippen LogP contribution in [0.5, 0.6) is 0 Å². The number of halogens is 1. The molecule has 0 spiro atoms. The first-order valence-electron chi connectivity index (χ1n) is 4.90. The molecule has 0 aliphatic heterocycles. The second-order valence-corrected chi connectivity index (χ2v) is 5.79. The number of nitrogens with zero attached hydrogens (tertiary/aromatic N) is 1. The van der Waals surface area contributed by atoms with Crippen molar-refractivity contribution in [2.24, 2.45) is 5.14 Å². The highest BCUT2D eigenvalue weighted by Crippen LogP contribution is 2.19. The van der Waals surface area contributed by atoms with Crippen molar-refractivity contribution >= 4 is 33.0 Å². The van der Waals surface area contributed by atoms with Gasteiger partial charge in [-0.15, -0.1) is 11.3 Å². The number of amides is 1. The molecule has 0 radical (unpaired) electrons. The molecule has 1 amide bonds. The molecule has 0 saturated carbocycles. The number of sulfonamides is 1. The normalized spacial score (nSPS) is 11.3. The van der Waals surface area contributed by atoms with Crippen molar-refractivity contribution < 1.29 is 17.6 Å². The Morgan fingerprint density at radius 3 is 2.68 bits per heavy atom. The molecule has 0 aliphatic carbocycles. The number of rotatable bonds is 3. The monoisotopic (exact) mass is 301 g/mol. The molecule has 19 heavy (non-hydrogen) atoms. The zero-order valence-electron chi connectivity index (χ0n) is 9.33. The first kappa shape index (κ1) is 13.6. The van der Waals surface area contributed by atoms with Crippen LogP contribution in [-0.4, -0.2) is 19.3 Å². The Morgan fingerprint density at radius 1 is 1.42 bits per heavy atom. The van der Waals surface area contributed by atoms with Crippen molar-refractivity contribution in [3.63, 3.8) is 0 Å². The summed E-state index contributed by atoms with van der Waals surface area (Å²) in [7, 11) is -3.98. The largest absolute Gasteiger partial charge is 0.318 e. The van der Waals surface area contributed by atoms with Crippen LogP contribution in [-0.2, 0) is 10.0 Å². The minimum Gasteiger partial charge on any atom is -0.318 e. The molecular formula is C10H8FN3O3S2. The van der Waals surface area contributed by atoms with Crippen molar-refractivity contribution in [2.45, 2.75) is 4.90 Å². The zero-order chi connectivity index (χ0) is 14.0. The van der Waals surface area contributed by atoms with Gasteiger partial charge in [0.05, 0.1) is 16.1 Å². The molecule has 2 aromatic rings. The van der Waals surface area contributed by atoms with E-state index in [1.807, 2.05) is 0 Å². The molecule has 0 atom stereocenters. The first-order valence-corrected chi connectivity index (χ1v) is 7.39. The van der Waals surface area contributed by atoms with Crippen LogP contribution in [0.25, 0.3) is 0 Å². The van der Waals surface area contributed by atoms with Gasteiger partial charge in [-0.05, 0) is 18.2 Å². The number of carbonyl (C=O) groups excluding carboxylic acids is 1. The number of hydrogen-bond donors (Lipinski definition) is 2. The molecule has 9 heteroatoms. The van der Waals surface area contributed by atoms with Gasteiger partial charge < -0.3 is 5.32 Å². The molecule has 0 bridgehead atoms. The van der Waals surface area contributed by atoms with Crippen LogP contribution in [0.4, 0.5) is 10.1 Å². The number of primary sulfonamides is 1. The van der Waals surface area contributed by atoms with Crippen LogP contribution in [0.2, 0.25) is 0 Å². The third-order valence-corrected chi connectivity index (χ3v) is 3.68. The second-order valence-electron chi connectivity index (χ2n) is 3.51. The van der Waals surface area contributed by atoms with Crippen LogP contribution in [0.3, 0.4) is 0 Å². The highest BCUT2D eigenvalue weighted by Gasteiger charge is 2.14. The van der Waals surface area contributed by atoms with E-state index >= 15 is 0 Å². The number of benzene rings is 1. The average molecular weight is 301 g/mol. The summed E-state index contributed by atoms with van der Waals surface area (Å²) in [6.07, 6.45) is 0. The number of nitrogens with two attached hydrogens (primary N) is 1. The summed E-state index contributed by atoms with van der Waals surface area (Å²) < 4.78 is 35.7. The summed E-state index contributed by atoms with van der Waals surface area (Å²) >= 11 is 1.23. The fraction of sp³-hybridized carbons (Fsp3) is 0. The Morgan fingerprint density at radius 2 is 2.16 bits per heavy atom. The van der Waals surface area contributed by atoms with Gasteiger partial charge in [-0.3, -0.25) is 4.79 Å². The standard InChI is InChI=1S/C10H8FN3O3S2/c11-7-3-6(19(12,16)17)1-2-8(7)14-10(15)9-4-18-5-13-9/h1-5H,(H,14,15)(H2,12,16,17). The van der Waals surface area contributed by atoms with Crippen LogP contribution in [0.15, 0.2) is 34.0 Å². The lowest BCUT2D eigenvalue weighted by Gasteiger charge is -2.06. The molecule has 3 N–H and O–H groups in total. The minimum absolute atomic E-state index is 0.148. The Labute approximate surface area is 112 Å². The van der Waals surface area contributed by atoms with E-state index < -0.39 is 21.7 Å². The van der Waals surface area contributed by atoms with Crippen molar-refractivity contribution in [2.75, 3.05) is 5.32 Å². The number of thiazole rings is 1. The van der Waals surface area contributed by atoms with Gasteiger partial charge in [0.25, 0.3) is 5.91 Å². The number of carbonyl (C=O) groups is 1. The Kier molecular flexibility index (Phi) is 3.60. The van der Waals surface area contributed by atoms with Gasteiger partial charge in [0.15, 0.2) is 0 Å². The van der Waals surface area contributed by atoms with Crippen LogP contribution in [0, 0.1) is 5.82 Å². The molecule has 0 unspecified atom stereocenters. The fourth-order valence-corrected chi connectivity index (χ4v) is 2.34. The van der Waals surface area contributed by atoms with Gasteiger partial charge in [0, 0.05) is 5.38 Å². The molecule has 1 aromatic carbocycles. The van der Waals surface area contributed by atoms with Gasteiger partial charge in [-0.25, -0.2) is 22.9 Å². The average Bonchev–Trinajstić information content (AvgIpc) is 2.84. The highest BCUT2D eigenvalue weighted by atomic mass is 32.2. The van der Waals surface area contributed by atoms with E-state index in [0.717, 1.165) is 18.2 Å². The van der Waals surface area contributed by atoms with E-state index in [-0.39, 0.29) is 16.3 Å². The molecule has 6 nitrogen and oxygen atoms in total. The van der Waals surface area contributed by atoms with Crippen molar-refractivity contribution in [3.05, 3.63) is 40.6 Å². The highest BCUT2D eigenvalue weighted by molar-refractivity contribution is 7.89. The summed E-state index contributed by atoms with van der Waals surface area (Å²) in [6, 6.07) is 2.97. The molecule has 1 heterocycles. The number of hydrogen-bond acceptors (Lipinski definition) is 5. The predicted molar refractivity (Wildman–Crippen MR) is 67.8 cm³/mol.